The predicted molar refractivity (Wildman–Crippen MR) is 108 cm³/mol. The lowest BCUT2D eigenvalue weighted by Gasteiger charge is -2.15. The Morgan fingerprint density at radius 1 is 1.08 bits per heavy atom. The number of fused-ring (bicyclic) bond motifs is 2. The highest BCUT2D eigenvalue weighted by atomic mass is 16.2. The summed E-state index contributed by atoms with van der Waals surface area (Å²) in [4.78, 5) is 15.8. The molecule has 3 aromatic rings. The van der Waals surface area contributed by atoms with Crippen LogP contribution in [0.5, 0.6) is 0 Å². The van der Waals surface area contributed by atoms with E-state index in [4.69, 9.17) is 0 Å². The van der Waals surface area contributed by atoms with Crippen molar-refractivity contribution in [2.24, 2.45) is 0 Å². The molecule has 134 valence electrons. The molecule has 0 saturated carbocycles. The standard InChI is InChI=1S/C22H25N3O/c1-16(26)25-11-9-20-14-18(6-7-21(20)25)19-5-4-17-8-10-24(22(17)15-19)13-12-23(2)3/h4-8,10,14-15H,9,11-13H2,1-3H3. The number of aromatic nitrogens is 1. The molecule has 2 aromatic carbocycles. The van der Waals surface area contributed by atoms with E-state index < -0.39 is 0 Å². The second-order valence-electron chi connectivity index (χ2n) is 7.35. The molecule has 1 aliphatic heterocycles. The van der Waals surface area contributed by atoms with Crippen LogP contribution in [-0.2, 0) is 17.8 Å². The third-order valence-corrected chi connectivity index (χ3v) is 5.25. The molecular weight excluding hydrogens is 322 g/mol. The van der Waals surface area contributed by atoms with Crippen molar-refractivity contribution in [2.75, 3.05) is 32.1 Å². The van der Waals surface area contributed by atoms with Gasteiger partial charge in [0.2, 0.25) is 5.91 Å². The first-order chi connectivity index (χ1) is 12.5. The van der Waals surface area contributed by atoms with Gasteiger partial charge >= 0.3 is 0 Å². The van der Waals surface area contributed by atoms with Crippen LogP contribution in [0.15, 0.2) is 48.7 Å². The first-order valence-corrected chi connectivity index (χ1v) is 9.18. The average Bonchev–Trinajstić information content (AvgIpc) is 3.22. The van der Waals surface area contributed by atoms with Crippen molar-refractivity contribution in [3.8, 4) is 11.1 Å². The summed E-state index contributed by atoms with van der Waals surface area (Å²) in [7, 11) is 4.21. The lowest BCUT2D eigenvalue weighted by molar-refractivity contribution is -0.116. The second kappa shape index (κ2) is 6.61. The van der Waals surface area contributed by atoms with Gasteiger partial charge in [-0.1, -0.05) is 18.2 Å². The summed E-state index contributed by atoms with van der Waals surface area (Å²) in [6.07, 6.45) is 3.11. The molecule has 0 N–H and O–H groups in total. The molecule has 0 fully saturated rings. The van der Waals surface area contributed by atoms with Gasteiger partial charge in [0, 0.05) is 44.0 Å². The van der Waals surface area contributed by atoms with Gasteiger partial charge in [-0.15, -0.1) is 0 Å². The SMILES string of the molecule is CC(=O)N1CCc2cc(-c3ccc4ccn(CCN(C)C)c4c3)ccc21. The second-order valence-corrected chi connectivity index (χ2v) is 7.35. The number of amides is 1. The highest BCUT2D eigenvalue weighted by molar-refractivity contribution is 5.94. The monoisotopic (exact) mass is 347 g/mol. The summed E-state index contributed by atoms with van der Waals surface area (Å²) < 4.78 is 2.32. The Kier molecular flexibility index (Phi) is 4.29. The van der Waals surface area contributed by atoms with Crippen LogP contribution in [0.4, 0.5) is 5.69 Å². The maximum Gasteiger partial charge on any atom is 0.223 e. The number of carbonyl (C=O) groups is 1. The van der Waals surface area contributed by atoms with Gasteiger partial charge in [0.05, 0.1) is 0 Å². The molecule has 0 bridgehead atoms. The zero-order valence-corrected chi connectivity index (χ0v) is 15.7. The Morgan fingerprint density at radius 3 is 2.62 bits per heavy atom. The van der Waals surface area contributed by atoms with Crippen molar-refractivity contribution in [3.05, 3.63) is 54.2 Å². The van der Waals surface area contributed by atoms with Gasteiger partial charge in [-0.25, -0.2) is 0 Å². The van der Waals surface area contributed by atoms with Crippen molar-refractivity contribution >= 4 is 22.5 Å². The molecule has 1 aromatic heterocycles. The van der Waals surface area contributed by atoms with Gasteiger partial charge in [0.15, 0.2) is 0 Å². The molecule has 4 nitrogen and oxygen atoms in total. The molecule has 1 amide bonds. The Labute approximate surface area is 154 Å². The van der Waals surface area contributed by atoms with E-state index in [0.29, 0.717) is 0 Å². The fourth-order valence-electron chi connectivity index (χ4n) is 3.77. The summed E-state index contributed by atoms with van der Waals surface area (Å²) in [5, 5.41) is 1.27. The minimum absolute atomic E-state index is 0.122. The van der Waals surface area contributed by atoms with E-state index in [0.717, 1.165) is 31.7 Å². The Hall–Kier alpha value is -2.59. The van der Waals surface area contributed by atoms with Crippen LogP contribution >= 0.6 is 0 Å². The van der Waals surface area contributed by atoms with E-state index in [9.17, 15) is 4.79 Å². The molecule has 0 radical (unpaired) electrons. The van der Waals surface area contributed by atoms with Crippen molar-refractivity contribution < 1.29 is 4.79 Å². The molecule has 2 heterocycles. The summed E-state index contributed by atoms with van der Waals surface area (Å²) in [5.74, 6) is 0.122. The minimum atomic E-state index is 0.122. The van der Waals surface area contributed by atoms with Gasteiger partial charge in [0.1, 0.15) is 0 Å². The van der Waals surface area contributed by atoms with Gasteiger partial charge in [-0.05, 0) is 66.9 Å². The third-order valence-electron chi connectivity index (χ3n) is 5.25. The molecular formula is C22H25N3O. The normalized spacial score (nSPS) is 13.6. The van der Waals surface area contributed by atoms with Crippen LogP contribution in [0.2, 0.25) is 0 Å². The quantitative estimate of drug-likeness (QED) is 0.718. The van der Waals surface area contributed by atoms with Gasteiger partial charge in [-0.3, -0.25) is 4.79 Å². The zero-order valence-electron chi connectivity index (χ0n) is 15.7. The van der Waals surface area contributed by atoms with Crippen LogP contribution in [0, 0.1) is 0 Å². The molecule has 4 heteroatoms. The lowest BCUT2D eigenvalue weighted by atomic mass is 10.0. The Balaban J connectivity index is 1.69. The van der Waals surface area contributed by atoms with E-state index in [-0.39, 0.29) is 5.91 Å². The fourth-order valence-corrected chi connectivity index (χ4v) is 3.77. The van der Waals surface area contributed by atoms with Crippen molar-refractivity contribution in [3.63, 3.8) is 0 Å². The van der Waals surface area contributed by atoms with Crippen molar-refractivity contribution in [1.82, 2.24) is 9.47 Å². The van der Waals surface area contributed by atoms with Gasteiger partial charge in [-0.2, -0.15) is 0 Å². The molecule has 26 heavy (non-hydrogen) atoms. The van der Waals surface area contributed by atoms with Crippen molar-refractivity contribution in [2.45, 2.75) is 19.9 Å². The van der Waals surface area contributed by atoms with Crippen molar-refractivity contribution in [1.29, 1.82) is 0 Å². The number of anilines is 1. The predicted octanol–water partition coefficient (Wildman–Crippen LogP) is 3.78. The number of nitrogens with zero attached hydrogens (tertiary/aromatic N) is 3. The third kappa shape index (κ3) is 3.01. The number of likely N-dealkylation sites (N-methyl/N-ethyl adjacent to an activating group) is 1. The van der Waals surface area contributed by atoms with E-state index >= 15 is 0 Å². The molecule has 1 aliphatic rings. The fraction of sp³-hybridized carbons (Fsp3) is 0.318. The van der Waals surface area contributed by atoms with E-state index in [1.807, 2.05) is 4.90 Å². The summed E-state index contributed by atoms with van der Waals surface area (Å²) in [6.45, 7) is 4.44. The average molecular weight is 347 g/mol. The van der Waals surface area contributed by atoms with E-state index in [1.54, 1.807) is 6.92 Å². The topological polar surface area (TPSA) is 28.5 Å². The van der Waals surface area contributed by atoms with Crippen LogP contribution < -0.4 is 4.90 Å². The van der Waals surface area contributed by atoms with Crippen LogP contribution in [0.25, 0.3) is 22.0 Å². The highest BCUT2D eigenvalue weighted by Gasteiger charge is 2.22. The lowest BCUT2D eigenvalue weighted by Crippen LogP contribution is -2.25. The number of hydrogen-bond acceptors (Lipinski definition) is 2. The maximum absolute atomic E-state index is 11.7. The smallest absolute Gasteiger partial charge is 0.223 e. The first-order valence-electron chi connectivity index (χ1n) is 9.18. The van der Waals surface area contributed by atoms with Crippen LogP contribution in [0.3, 0.4) is 0 Å². The number of benzene rings is 2. The summed E-state index contributed by atoms with van der Waals surface area (Å²) in [6, 6.07) is 15.3. The summed E-state index contributed by atoms with van der Waals surface area (Å²) >= 11 is 0. The van der Waals surface area contributed by atoms with E-state index in [2.05, 4.69) is 72.2 Å². The summed E-state index contributed by atoms with van der Waals surface area (Å²) in [5.41, 5.74) is 6.05. The van der Waals surface area contributed by atoms with Crippen LogP contribution in [0.1, 0.15) is 12.5 Å². The zero-order chi connectivity index (χ0) is 18.3. The van der Waals surface area contributed by atoms with E-state index in [1.165, 1.54) is 27.6 Å². The Morgan fingerprint density at radius 2 is 1.85 bits per heavy atom. The molecule has 4 rings (SSSR count). The molecule has 0 unspecified atom stereocenters. The molecule has 0 aliphatic carbocycles. The van der Waals surface area contributed by atoms with Gasteiger partial charge < -0.3 is 14.4 Å². The maximum atomic E-state index is 11.7. The number of hydrogen-bond donors (Lipinski definition) is 0. The molecule has 0 atom stereocenters. The Bertz CT molecular complexity index is 971. The number of rotatable bonds is 4. The van der Waals surface area contributed by atoms with Gasteiger partial charge in [0.25, 0.3) is 0 Å². The molecule has 0 saturated heterocycles. The van der Waals surface area contributed by atoms with Crippen LogP contribution in [-0.4, -0.2) is 42.6 Å². The first kappa shape index (κ1) is 16.9. The minimum Gasteiger partial charge on any atom is -0.346 e. The number of carbonyl (C=O) groups excluding carboxylic acids is 1. The highest BCUT2D eigenvalue weighted by Crippen LogP contribution is 2.33. The molecule has 0 spiro atoms. The largest absolute Gasteiger partial charge is 0.346 e.